The van der Waals surface area contributed by atoms with Crippen LogP contribution in [0.2, 0.25) is 0 Å². The Kier molecular flexibility index (Phi) is 6.66. The van der Waals surface area contributed by atoms with Crippen LogP contribution in [0.3, 0.4) is 0 Å². The van der Waals surface area contributed by atoms with E-state index in [-0.39, 0.29) is 10.5 Å². The van der Waals surface area contributed by atoms with Gasteiger partial charge in [0.25, 0.3) is 21.5 Å². The normalized spacial score (nSPS) is 11.4. The number of fused-ring (bicyclic) bond motifs is 1. The van der Waals surface area contributed by atoms with E-state index in [1.807, 2.05) is 13.8 Å². The van der Waals surface area contributed by atoms with Crippen molar-refractivity contribution >= 4 is 43.2 Å². The molecule has 0 saturated carbocycles. The van der Waals surface area contributed by atoms with Gasteiger partial charge in [0, 0.05) is 16.1 Å². The summed E-state index contributed by atoms with van der Waals surface area (Å²) in [5.41, 5.74) is 2.49. The molecule has 4 aromatic rings. The van der Waals surface area contributed by atoms with Crippen LogP contribution in [0.5, 0.6) is 5.75 Å². The molecule has 0 bridgehead atoms. The van der Waals surface area contributed by atoms with Gasteiger partial charge in [-0.05, 0) is 61.9 Å². The van der Waals surface area contributed by atoms with Crippen molar-refractivity contribution in [2.45, 2.75) is 25.2 Å². The van der Waals surface area contributed by atoms with Gasteiger partial charge in [0.1, 0.15) is 16.9 Å². The first kappa shape index (κ1) is 23.5. The highest BCUT2D eigenvalue weighted by atomic mass is 32.2. The minimum absolute atomic E-state index is 0.0705. The zero-order valence-electron chi connectivity index (χ0n) is 18.4. The van der Waals surface area contributed by atoms with E-state index in [0.717, 1.165) is 16.0 Å². The molecule has 0 fully saturated rings. The lowest BCUT2D eigenvalue weighted by Gasteiger charge is -2.11. The molecule has 34 heavy (non-hydrogen) atoms. The summed E-state index contributed by atoms with van der Waals surface area (Å²) in [5, 5.41) is 0.417. The fourth-order valence-electron chi connectivity index (χ4n) is 3.21. The number of nitrogens with one attached hydrogen (secondary N) is 2. The molecule has 176 valence electrons. The van der Waals surface area contributed by atoms with Gasteiger partial charge in [0.05, 0.1) is 16.9 Å². The molecule has 2 N–H and O–H groups in total. The van der Waals surface area contributed by atoms with Crippen LogP contribution in [-0.4, -0.2) is 30.6 Å². The van der Waals surface area contributed by atoms with Crippen molar-refractivity contribution < 1.29 is 17.9 Å². The summed E-state index contributed by atoms with van der Waals surface area (Å²) < 4.78 is 34.5. The third-order valence-corrected chi connectivity index (χ3v) is 7.46. The molecule has 0 unspecified atom stereocenters. The van der Waals surface area contributed by atoms with Crippen LogP contribution in [-0.2, 0) is 16.4 Å². The molecule has 0 spiro atoms. The number of ether oxygens (including phenoxy) is 1. The summed E-state index contributed by atoms with van der Waals surface area (Å²) >= 11 is 1.43. The number of aromatic nitrogens is 2. The molecule has 1 amide bonds. The predicted molar refractivity (Wildman–Crippen MR) is 132 cm³/mol. The number of anilines is 1. The predicted octanol–water partition coefficient (Wildman–Crippen LogP) is 3.60. The fourth-order valence-corrected chi connectivity index (χ4v) is 5.23. The van der Waals surface area contributed by atoms with E-state index in [1.165, 1.54) is 41.9 Å². The summed E-state index contributed by atoms with van der Waals surface area (Å²) in [4.78, 5) is 31.2. The number of thiophene rings is 1. The van der Waals surface area contributed by atoms with Gasteiger partial charge in [-0.25, -0.2) is 18.1 Å². The van der Waals surface area contributed by atoms with Crippen molar-refractivity contribution in [1.82, 2.24) is 9.66 Å². The van der Waals surface area contributed by atoms with Crippen LogP contribution in [0.4, 0.5) is 5.69 Å². The molecule has 11 heteroatoms. The Morgan fingerprint density at radius 2 is 1.88 bits per heavy atom. The highest BCUT2D eigenvalue weighted by Gasteiger charge is 2.18. The van der Waals surface area contributed by atoms with Gasteiger partial charge < -0.3 is 4.74 Å². The third kappa shape index (κ3) is 4.95. The molecule has 0 saturated heterocycles. The Bertz CT molecular complexity index is 1510. The number of amides is 1. The summed E-state index contributed by atoms with van der Waals surface area (Å²) in [6.07, 6.45) is 2.02. The van der Waals surface area contributed by atoms with Crippen LogP contribution >= 0.6 is 11.3 Å². The second kappa shape index (κ2) is 9.65. The molecular formula is C23H22N4O5S2. The Morgan fingerprint density at radius 3 is 2.59 bits per heavy atom. The summed E-state index contributed by atoms with van der Waals surface area (Å²) in [6.45, 7) is 4.34. The van der Waals surface area contributed by atoms with Crippen LogP contribution < -0.4 is 20.4 Å². The average Bonchev–Trinajstić information content (AvgIpc) is 3.27. The molecule has 0 aliphatic rings. The average molecular weight is 499 g/mol. The maximum absolute atomic E-state index is 12.8. The van der Waals surface area contributed by atoms with Crippen molar-refractivity contribution in [1.29, 1.82) is 0 Å². The van der Waals surface area contributed by atoms with E-state index < -0.39 is 21.5 Å². The SMILES string of the molecule is CCOc1ccc(NS(=O)(=O)c2cccc(C(=O)Nn3cnc4sc(CC)cc4c3=O)c2)cc1. The van der Waals surface area contributed by atoms with E-state index in [2.05, 4.69) is 15.1 Å². The van der Waals surface area contributed by atoms with Crippen molar-refractivity contribution in [2.75, 3.05) is 16.8 Å². The molecule has 2 aromatic carbocycles. The molecule has 2 heterocycles. The Morgan fingerprint density at radius 1 is 1.12 bits per heavy atom. The zero-order valence-corrected chi connectivity index (χ0v) is 20.1. The van der Waals surface area contributed by atoms with Gasteiger partial charge in [-0.3, -0.25) is 19.7 Å². The Labute approximate surface area is 200 Å². The number of carbonyl (C=O) groups is 1. The zero-order chi connectivity index (χ0) is 24.3. The van der Waals surface area contributed by atoms with E-state index >= 15 is 0 Å². The van der Waals surface area contributed by atoms with E-state index in [4.69, 9.17) is 4.74 Å². The van der Waals surface area contributed by atoms with Gasteiger partial charge in [0.15, 0.2) is 0 Å². The molecular weight excluding hydrogens is 476 g/mol. The van der Waals surface area contributed by atoms with Gasteiger partial charge >= 0.3 is 0 Å². The maximum atomic E-state index is 12.8. The molecule has 0 aliphatic carbocycles. The van der Waals surface area contributed by atoms with Crippen molar-refractivity contribution in [2.24, 2.45) is 0 Å². The second-order valence-electron chi connectivity index (χ2n) is 7.24. The number of carbonyl (C=O) groups excluding carboxylic acids is 1. The number of rotatable bonds is 8. The minimum Gasteiger partial charge on any atom is -0.494 e. The number of hydrogen-bond acceptors (Lipinski definition) is 7. The monoisotopic (exact) mass is 498 g/mol. The van der Waals surface area contributed by atoms with Crippen molar-refractivity contribution in [3.8, 4) is 5.75 Å². The lowest BCUT2D eigenvalue weighted by atomic mass is 10.2. The maximum Gasteiger partial charge on any atom is 0.280 e. The van der Waals surface area contributed by atoms with E-state index in [1.54, 1.807) is 30.3 Å². The number of aryl methyl sites for hydroxylation is 1. The smallest absolute Gasteiger partial charge is 0.280 e. The number of hydrogen-bond donors (Lipinski definition) is 2. The molecule has 9 nitrogen and oxygen atoms in total. The lowest BCUT2D eigenvalue weighted by Crippen LogP contribution is -2.33. The van der Waals surface area contributed by atoms with Crippen LogP contribution in [0.25, 0.3) is 10.2 Å². The van der Waals surface area contributed by atoms with E-state index in [9.17, 15) is 18.0 Å². The first-order valence-electron chi connectivity index (χ1n) is 10.5. The Balaban J connectivity index is 1.54. The summed E-state index contributed by atoms with van der Waals surface area (Å²) in [5.74, 6) is -0.0206. The van der Waals surface area contributed by atoms with E-state index in [0.29, 0.717) is 28.3 Å². The van der Waals surface area contributed by atoms with Gasteiger partial charge in [0.2, 0.25) is 0 Å². The summed E-state index contributed by atoms with van der Waals surface area (Å²) in [7, 11) is -3.95. The standard InChI is InChI=1S/C23H22N4O5S2/c1-3-18-13-20-22(33-18)24-14-27(23(20)29)25-21(28)15-6-5-7-19(12-15)34(30,31)26-16-8-10-17(11-9-16)32-4-2/h5-14,26H,3-4H2,1-2H3,(H,25,28). The lowest BCUT2D eigenvalue weighted by molar-refractivity contribution is 0.101. The number of benzene rings is 2. The molecule has 2 aromatic heterocycles. The number of nitrogens with zero attached hydrogens (tertiary/aromatic N) is 2. The van der Waals surface area contributed by atoms with Gasteiger partial charge in [-0.2, -0.15) is 0 Å². The van der Waals surface area contributed by atoms with Crippen LogP contribution in [0.15, 0.2) is 70.6 Å². The second-order valence-corrected chi connectivity index (χ2v) is 10.0. The molecule has 0 aliphatic heterocycles. The number of sulfonamides is 1. The fraction of sp³-hybridized carbons (Fsp3) is 0.174. The minimum atomic E-state index is -3.95. The largest absolute Gasteiger partial charge is 0.494 e. The first-order valence-corrected chi connectivity index (χ1v) is 12.8. The molecule has 4 rings (SSSR count). The van der Waals surface area contributed by atoms with Crippen molar-refractivity contribution in [3.63, 3.8) is 0 Å². The highest BCUT2D eigenvalue weighted by Crippen LogP contribution is 2.22. The van der Waals surface area contributed by atoms with Gasteiger partial charge in [-0.15, -0.1) is 11.3 Å². The van der Waals surface area contributed by atoms with Crippen LogP contribution in [0, 0.1) is 0 Å². The Hall–Kier alpha value is -3.70. The van der Waals surface area contributed by atoms with Crippen LogP contribution in [0.1, 0.15) is 29.1 Å². The van der Waals surface area contributed by atoms with Gasteiger partial charge in [-0.1, -0.05) is 13.0 Å². The quantitative estimate of drug-likeness (QED) is 0.383. The third-order valence-electron chi connectivity index (χ3n) is 4.90. The molecule has 0 atom stereocenters. The highest BCUT2D eigenvalue weighted by molar-refractivity contribution is 7.92. The summed E-state index contributed by atoms with van der Waals surface area (Å²) in [6, 6.07) is 13.8. The molecule has 0 radical (unpaired) electrons. The topological polar surface area (TPSA) is 119 Å². The first-order chi connectivity index (χ1) is 16.3. The van der Waals surface area contributed by atoms with Crippen molar-refractivity contribution in [3.05, 3.63) is 81.7 Å².